The number of nitrogens with one attached hydrogen (secondary N) is 3. The normalized spacial score (nSPS) is 17.3. The molecule has 0 aromatic heterocycles. The Labute approximate surface area is 138 Å². The first-order valence-corrected chi connectivity index (χ1v) is 9.50. The molecule has 0 spiro atoms. The summed E-state index contributed by atoms with van der Waals surface area (Å²) in [4.78, 5) is 12.4. The predicted octanol–water partition coefficient (Wildman–Crippen LogP) is 1.62. The van der Waals surface area contributed by atoms with E-state index in [9.17, 15) is 13.2 Å². The molecule has 1 aromatic carbocycles. The van der Waals surface area contributed by atoms with E-state index >= 15 is 0 Å². The van der Waals surface area contributed by atoms with Crippen molar-refractivity contribution in [1.29, 1.82) is 0 Å². The van der Waals surface area contributed by atoms with Crippen molar-refractivity contribution in [3.63, 3.8) is 0 Å². The van der Waals surface area contributed by atoms with E-state index in [0.717, 1.165) is 25.7 Å². The molecular formula is C16H25N3O3S. The minimum atomic E-state index is -3.75. The van der Waals surface area contributed by atoms with Gasteiger partial charge in [-0.1, -0.05) is 43.2 Å². The van der Waals surface area contributed by atoms with Gasteiger partial charge in [-0.05, 0) is 32.3 Å². The van der Waals surface area contributed by atoms with Gasteiger partial charge in [0.2, 0.25) is 5.91 Å². The summed E-state index contributed by atoms with van der Waals surface area (Å²) in [6, 6.07) is 7.81. The van der Waals surface area contributed by atoms with Crippen LogP contribution < -0.4 is 14.8 Å². The van der Waals surface area contributed by atoms with E-state index in [-0.39, 0.29) is 18.0 Å². The van der Waals surface area contributed by atoms with Crippen LogP contribution in [0.3, 0.4) is 0 Å². The van der Waals surface area contributed by atoms with Gasteiger partial charge in [0.15, 0.2) is 0 Å². The molecule has 6 nitrogen and oxygen atoms in total. The van der Waals surface area contributed by atoms with Crippen LogP contribution in [0.15, 0.2) is 30.3 Å². The molecule has 1 saturated carbocycles. The molecule has 2 rings (SSSR count). The van der Waals surface area contributed by atoms with Gasteiger partial charge >= 0.3 is 0 Å². The highest BCUT2D eigenvalue weighted by Crippen LogP contribution is 2.19. The average Bonchev–Trinajstić information content (AvgIpc) is 2.97. The minimum absolute atomic E-state index is 0.0444. The topological polar surface area (TPSA) is 87.3 Å². The van der Waals surface area contributed by atoms with Crippen LogP contribution in [-0.2, 0) is 15.0 Å². The van der Waals surface area contributed by atoms with Crippen LogP contribution in [0.1, 0.15) is 51.1 Å². The van der Waals surface area contributed by atoms with Crippen molar-refractivity contribution < 1.29 is 13.2 Å². The van der Waals surface area contributed by atoms with Gasteiger partial charge in [-0.25, -0.2) is 0 Å². The third-order valence-electron chi connectivity index (χ3n) is 3.78. The van der Waals surface area contributed by atoms with Gasteiger partial charge in [0.05, 0.1) is 0 Å². The van der Waals surface area contributed by atoms with E-state index in [2.05, 4.69) is 14.8 Å². The summed E-state index contributed by atoms with van der Waals surface area (Å²) in [5.74, 6) is -0.358. The lowest BCUT2D eigenvalue weighted by Gasteiger charge is -2.21. The third kappa shape index (κ3) is 5.60. The van der Waals surface area contributed by atoms with Gasteiger partial charge in [0.1, 0.15) is 6.04 Å². The van der Waals surface area contributed by atoms with Crippen LogP contribution in [0.4, 0.5) is 0 Å². The molecule has 1 aromatic rings. The zero-order valence-corrected chi connectivity index (χ0v) is 14.4. The molecule has 128 valence electrons. The average molecular weight is 339 g/mol. The molecule has 1 fully saturated rings. The maximum absolute atomic E-state index is 12.4. The second-order valence-electron chi connectivity index (χ2n) is 6.23. The first kappa shape index (κ1) is 17.9. The van der Waals surface area contributed by atoms with Crippen LogP contribution in [0.25, 0.3) is 0 Å². The molecule has 1 aliphatic rings. The summed E-state index contributed by atoms with van der Waals surface area (Å²) in [6.45, 7) is 3.68. The van der Waals surface area contributed by atoms with Crippen molar-refractivity contribution in [2.45, 2.75) is 57.7 Å². The third-order valence-corrected chi connectivity index (χ3v) is 4.97. The van der Waals surface area contributed by atoms with Gasteiger partial charge in [-0.3, -0.25) is 4.79 Å². The van der Waals surface area contributed by atoms with Crippen molar-refractivity contribution in [3.05, 3.63) is 35.9 Å². The van der Waals surface area contributed by atoms with Gasteiger partial charge in [-0.2, -0.15) is 17.9 Å². The monoisotopic (exact) mass is 339 g/mol. The van der Waals surface area contributed by atoms with Crippen LogP contribution >= 0.6 is 0 Å². The number of carbonyl (C=O) groups is 1. The van der Waals surface area contributed by atoms with Gasteiger partial charge in [0, 0.05) is 12.1 Å². The molecule has 1 aliphatic carbocycles. The number of benzene rings is 1. The molecule has 3 N–H and O–H groups in total. The summed E-state index contributed by atoms with van der Waals surface area (Å²) in [6.07, 6.45) is 3.75. The molecular weight excluding hydrogens is 314 g/mol. The molecule has 0 radical (unpaired) electrons. The Morgan fingerprint density at radius 2 is 1.74 bits per heavy atom. The molecule has 0 saturated heterocycles. The van der Waals surface area contributed by atoms with Crippen molar-refractivity contribution >= 4 is 16.1 Å². The molecule has 0 heterocycles. The van der Waals surface area contributed by atoms with E-state index in [1.54, 1.807) is 24.3 Å². The largest absolute Gasteiger partial charge is 0.352 e. The summed E-state index contributed by atoms with van der Waals surface area (Å²) >= 11 is 0. The molecule has 7 heteroatoms. The Hall–Kier alpha value is -1.44. The highest BCUT2D eigenvalue weighted by Gasteiger charge is 2.28. The SMILES string of the molecule is CC(C)NC(=O)C(NS(=O)(=O)NC1CCCC1)c1ccccc1. The smallest absolute Gasteiger partial charge is 0.278 e. The Bertz CT molecular complexity index is 611. The Balaban J connectivity index is 2.14. The summed E-state index contributed by atoms with van der Waals surface area (Å²) in [7, 11) is -3.75. The van der Waals surface area contributed by atoms with Crippen LogP contribution in [0.5, 0.6) is 0 Å². The zero-order valence-electron chi connectivity index (χ0n) is 13.6. The van der Waals surface area contributed by atoms with Crippen molar-refractivity contribution in [2.75, 3.05) is 0 Å². The van der Waals surface area contributed by atoms with Crippen molar-refractivity contribution in [2.24, 2.45) is 0 Å². The highest BCUT2D eigenvalue weighted by atomic mass is 32.2. The maximum Gasteiger partial charge on any atom is 0.278 e. The standard InChI is InChI=1S/C16H25N3O3S/c1-12(2)17-16(20)15(13-8-4-3-5-9-13)19-23(21,22)18-14-10-6-7-11-14/h3-5,8-9,12,14-15,18-19H,6-7,10-11H2,1-2H3,(H,17,20). The molecule has 1 atom stereocenters. The Morgan fingerprint density at radius 3 is 2.30 bits per heavy atom. The summed E-state index contributed by atoms with van der Waals surface area (Å²) in [5.41, 5.74) is 0.613. The molecule has 1 unspecified atom stereocenters. The fraction of sp³-hybridized carbons (Fsp3) is 0.562. The minimum Gasteiger partial charge on any atom is -0.352 e. The van der Waals surface area contributed by atoms with E-state index in [1.165, 1.54) is 0 Å². The van der Waals surface area contributed by atoms with E-state index < -0.39 is 16.3 Å². The van der Waals surface area contributed by atoms with Gasteiger partial charge in [-0.15, -0.1) is 0 Å². The Kier molecular flexibility index (Phi) is 6.15. The predicted molar refractivity (Wildman–Crippen MR) is 89.9 cm³/mol. The number of rotatable bonds is 7. The Morgan fingerprint density at radius 1 is 1.13 bits per heavy atom. The van der Waals surface area contributed by atoms with Gasteiger partial charge in [0.25, 0.3) is 10.2 Å². The van der Waals surface area contributed by atoms with E-state index in [4.69, 9.17) is 0 Å². The lowest BCUT2D eigenvalue weighted by atomic mass is 10.1. The number of hydrogen-bond acceptors (Lipinski definition) is 3. The lowest BCUT2D eigenvalue weighted by Crippen LogP contribution is -2.48. The molecule has 0 aliphatic heterocycles. The molecule has 1 amide bonds. The first-order chi connectivity index (χ1) is 10.9. The maximum atomic E-state index is 12.4. The molecule has 23 heavy (non-hydrogen) atoms. The quantitative estimate of drug-likeness (QED) is 0.705. The van der Waals surface area contributed by atoms with Crippen LogP contribution in [0.2, 0.25) is 0 Å². The molecule has 0 bridgehead atoms. The number of carbonyl (C=O) groups excluding carboxylic acids is 1. The van der Waals surface area contributed by atoms with Crippen molar-refractivity contribution in [1.82, 2.24) is 14.8 Å². The van der Waals surface area contributed by atoms with Crippen molar-refractivity contribution in [3.8, 4) is 0 Å². The van der Waals surface area contributed by atoms with E-state index in [0.29, 0.717) is 5.56 Å². The second kappa shape index (κ2) is 7.90. The lowest BCUT2D eigenvalue weighted by molar-refractivity contribution is -0.123. The fourth-order valence-electron chi connectivity index (χ4n) is 2.74. The second-order valence-corrected chi connectivity index (χ2v) is 7.71. The van der Waals surface area contributed by atoms with Crippen LogP contribution in [-0.4, -0.2) is 26.4 Å². The van der Waals surface area contributed by atoms with Gasteiger partial charge < -0.3 is 5.32 Å². The zero-order chi connectivity index (χ0) is 16.9. The summed E-state index contributed by atoms with van der Waals surface area (Å²) in [5, 5.41) is 2.76. The van der Waals surface area contributed by atoms with E-state index in [1.807, 2.05) is 19.9 Å². The fourth-order valence-corrected chi connectivity index (χ4v) is 4.03. The number of amides is 1. The summed E-state index contributed by atoms with van der Waals surface area (Å²) < 4.78 is 29.9. The number of hydrogen-bond donors (Lipinski definition) is 3. The van der Waals surface area contributed by atoms with Crippen LogP contribution in [0, 0.1) is 0 Å². The highest BCUT2D eigenvalue weighted by molar-refractivity contribution is 7.87. The first-order valence-electron chi connectivity index (χ1n) is 8.02.